The van der Waals surface area contributed by atoms with Crippen LogP contribution in [0, 0.1) is 0 Å². The molecule has 0 aliphatic carbocycles. The molecule has 0 radical (unpaired) electrons. The van der Waals surface area contributed by atoms with Gasteiger partial charge in [-0.05, 0) is 5.57 Å². The molecule has 0 saturated carbocycles. The van der Waals surface area contributed by atoms with E-state index < -0.39 is 11.1 Å². The maximum Gasteiger partial charge on any atom is 0.316 e. The van der Waals surface area contributed by atoms with Gasteiger partial charge in [-0.3, -0.25) is 9.59 Å². The second kappa shape index (κ2) is 4.06. The molecule has 1 rings (SSSR count). The highest BCUT2D eigenvalue weighted by molar-refractivity contribution is 4.98. The molecule has 0 saturated heterocycles. The number of aryl methyl sites for hydroxylation is 1. The molecule has 0 atom stereocenters. The highest BCUT2D eigenvalue weighted by Crippen LogP contribution is 1.89. The van der Waals surface area contributed by atoms with Crippen molar-refractivity contribution in [2.24, 2.45) is 12.8 Å². The zero-order valence-corrected chi connectivity index (χ0v) is 8.06. The molecule has 1 aromatic rings. The third-order valence-corrected chi connectivity index (χ3v) is 1.92. The lowest BCUT2D eigenvalue weighted by Gasteiger charge is -2.06. The van der Waals surface area contributed by atoms with E-state index in [1.165, 1.54) is 22.4 Å². The zero-order valence-electron chi connectivity index (χ0n) is 8.06. The quantitative estimate of drug-likeness (QED) is 0.500. The first-order valence-corrected chi connectivity index (χ1v) is 4.19. The molecule has 0 fully saturated rings. The third-order valence-electron chi connectivity index (χ3n) is 1.92. The van der Waals surface area contributed by atoms with E-state index in [1.54, 1.807) is 6.20 Å². The second-order valence-corrected chi connectivity index (χ2v) is 3.10. The average molecular weight is 195 g/mol. The van der Waals surface area contributed by atoms with E-state index in [9.17, 15) is 9.59 Å². The summed E-state index contributed by atoms with van der Waals surface area (Å²) in [4.78, 5) is 22.6. The average Bonchev–Trinajstić information content (AvgIpc) is 2.19. The molecule has 0 unspecified atom stereocenters. The summed E-state index contributed by atoms with van der Waals surface area (Å²) in [5.74, 6) is 0. The van der Waals surface area contributed by atoms with Crippen LogP contribution in [0.25, 0.3) is 0 Å². The van der Waals surface area contributed by atoms with E-state index in [0.29, 0.717) is 18.7 Å². The SMILES string of the molecule is C=C(CN)Cn1ccn(C)c(=O)c1=O. The van der Waals surface area contributed by atoms with Crippen molar-refractivity contribution in [1.82, 2.24) is 9.13 Å². The van der Waals surface area contributed by atoms with Crippen LogP contribution >= 0.6 is 0 Å². The first kappa shape index (κ1) is 10.5. The van der Waals surface area contributed by atoms with Gasteiger partial charge in [-0.1, -0.05) is 6.58 Å². The molecule has 0 amide bonds. The van der Waals surface area contributed by atoms with Crippen molar-refractivity contribution in [3.8, 4) is 0 Å². The Bertz CT molecular complexity index is 456. The number of hydrogen-bond donors (Lipinski definition) is 1. The first-order chi connectivity index (χ1) is 6.56. The molecule has 0 bridgehead atoms. The predicted octanol–water partition coefficient (Wildman–Crippen LogP) is -0.938. The molecule has 0 spiro atoms. The van der Waals surface area contributed by atoms with E-state index in [2.05, 4.69) is 6.58 Å². The lowest BCUT2D eigenvalue weighted by atomic mass is 10.3. The molecule has 1 aromatic heterocycles. The molecular formula is C9H13N3O2. The first-order valence-electron chi connectivity index (χ1n) is 4.19. The zero-order chi connectivity index (χ0) is 10.7. The van der Waals surface area contributed by atoms with Gasteiger partial charge in [0, 0.05) is 32.5 Å². The van der Waals surface area contributed by atoms with E-state index in [1.807, 2.05) is 0 Å². The molecule has 76 valence electrons. The molecule has 5 nitrogen and oxygen atoms in total. The lowest BCUT2D eigenvalue weighted by Crippen LogP contribution is -2.39. The summed E-state index contributed by atoms with van der Waals surface area (Å²) >= 11 is 0. The van der Waals surface area contributed by atoms with Gasteiger partial charge in [-0.2, -0.15) is 0 Å². The van der Waals surface area contributed by atoms with Crippen LogP contribution in [0.4, 0.5) is 0 Å². The van der Waals surface area contributed by atoms with Crippen LogP contribution in [0.15, 0.2) is 34.1 Å². The van der Waals surface area contributed by atoms with Gasteiger partial charge in [0.05, 0.1) is 0 Å². The molecule has 2 N–H and O–H groups in total. The summed E-state index contributed by atoms with van der Waals surface area (Å²) in [5.41, 5.74) is 4.95. The minimum Gasteiger partial charge on any atom is -0.327 e. The van der Waals surface area contributed by atoms with Gasteiger partial charge in [-0.25, -0.2) is 0 Å². The molecular weight excluding hydrogens is 182 g/mol. The van der Waals surface area contributed by atoms with Crippen LogP contribution in [-0.4, -0.2) is 15.7 Å². The summed E-state index contributed by atoms with van der Waals surface area (Å²) in [6, 6.07) is 0. The molecule has 0 aromatic carbocycles. The Labute approximate surface area is 81.1 Å². The van der Waals surface area contributed by atoms with Crippen molar-refractivity contribution in [3.63, 3.8) is 0 Å². The van der Waals surface area contributed by atoms with Crippen molar-refractivity contribution >= 4 is 0 Å². The smallest absolute Gasteiger partial charge is 0.316 e. The highest BCUT2D eigenvalue weighted by Gasteiger charge is 2.02. The van der Waals surface area contributed by atoms with Gasteiger partial charge in [0.15, 0.2) is 0 Å². The molecule has 0 aliphatic rings. The molecule has 14 heavy (non-hydrogen) atoms. The minimum absolute atomic E-state index is 0.297. The van der Waals surface area contributed by atoms with Gasteiger partial charge in [0.25, 0.3) is 0 Å². The van der Waals surface area contributed by atoms with Crippen molar-refractivity contribution in [1.29, 1.82) is 0 Å². The second-order valence-electron chi connectivity index (χ2n) is 3.10. The van der Waals surface area contributed by atoms with Crippen molar-refractivity contribution in [3.05, 3.63) is 45.3 Å². The Morgan fingerprint density at radius 1 is 1.43 bits per heavy atom. The Morgan fingerprint density at radius 2 is 2.07 bits per heavy atom. The number of aromatic nitrogens is 2. The van der Waals surface area contributed by atoms with Crippen molar-refractivity contribution in [2.45, 2.75) is 6.54 Å². The largest absolute Gasteiger partial charge is 0.327 e. The van der Waals surface area contributed by atoms with Crippen LogP contribution in [0.1, 0.15) is 0 Å². The van der Waals surface area contributed by atoms with E-state index in [4.69, 9.17) is 5.73 Å². The topological polar surface area (TPSA) is 70.0 Å². The van der Waals surface area contributed by atoms with E-state index >= 15 is 0 Å². The fraction of sp³-hybridized carbons (Fsp3) is 0.333. The highest BCUT2D eigenvalue weighted by atomic mass is 16.2. The maximum atomic E-state index is 11.4. The van der Waals surface area contributed by atoms with E-state index in [0.717, 1.165) is 0 Å². The lowest BCUT2D eigenvalue weighted by molar-refractivity contribution is 0.682. The summed E-state index contributed by atoms with van der Waals surface area (Å²) < 4.78 is 2.54. The van der Waals surface area contributed by atoms with E-state index in [-0.39, 0.29) is 0 Å². The number of nitrogens with two attached hydrogens (primary N) is 1. The Morgan fingerprint density at radius 3 is 2.64 bits per heavy atom. The van der Waals surface area contributed by atoms with Crippen molar-refractivity contribution in [2.75, 3.05) is 6.54 Å². The van der Waals surface area contributed by atoms with Gasteiger partial charge >= 0.3 is 11.1 Å². The minimum atomic E-state index is -0.551. The summed E-state index contributed by atoms with van der Waals surface area (Å²) in [5, 5.41) is 0. The predicted molar refractivity (Wildman–Crippen MR) is 54.1 cm³/mol. The number of hydrogen-bond acceptors (Lipinski definition) is 3. The standard InChI is InChI=1S/C9H13N3O2/c1-7(5-10)6-12-4-3-11(2)8(13)9(12)14/h3-4H,1,5-6,10H2,2H3. The number of rotatable bonds is 3. The molecule has 5 heteroatoms. The van der Waals surface area contributed by atoms with Gasteiger partial charge in [-0.15, -0.1) is 0 Å². The normalized spacial score (nSPS) is 10.1. The van der Waals surface area contributed by atoms with Gasteiger partial charge in [0.2, 0.25) is 0 Å². The fourth-order valence-corrected chi connectivity index (χ4v) is 1.02. The Hall–Kier alpha value is -1.62. The summed E-state index contributed by atoms with van der Waals surface area (Å²) in [6.07, 6.45) is 3.08. The van der Waals surface area contributed by atoms with Crippen LogP contribution < -0.4 is 16.9 Å². The maximum absolute atomic E-state index is 11.4. The van der Waals surface area contributed by atoms with Crippen molar-refractivity contribution < 1.29 is 0 Å². The van der Waals surface area contributed by atoms with Gasteiger partial charge < -0.3 is 14.9 Å². The Balaban J connectivity index is 3.13. The molecule has 0 aliphatic heterocycles. The van der Waals surface area contributed by atoms with Crippen LogP contribution in [0.2, 0.25) is 0 Å². The van der Waals surface area contributed by atoms with Gasteiger partial charge in [0.1, 0.15) is 0 Å². The number of nitrogens with zero attached hydrogens (tertiary/aromatic N) is 2. The summed E-state index contributed by atoms with van der Waals surface area (Å²) in [6.45, 7) is 4.27. The molecule has 1 heterocycles. The monoisotopic (exact) mass is 195 g/mol. The van der Waals surface area contributed by atoms with Crippen LogP contribution in [-0.2, 0) is 13.6 Å². The third kappa shape index (κ3) is 2.00. The van der Waals surface area contributed by atoms with Crippen LogP contribution in [0.5, 0.6) is 0 Å². The van der Waals surface area contributed by atoms with Crippen LogP contribution in [0.3, 0.4) is 0 Å². The summed E-state index contributed by atoms with van der Waals surface area (Å²) in [7, 11) is 1.53. The Kier molecular flexibility index (Phi) is 3.03. The fourth-order valence-electron chi connectivity index (χ4n) is 1.02.